The highest BCUT2D eigenvalue weighted by atomic mass is 19.1. The van der Waals surface area contributed by atoms with Crippen molar-refractivity contribution in [3.8, 4) is 0 Å². The maximum atomic E-state index is 13.5. The van der Waals surface area contributed by atoms with Crippen LogP contribution < -0.4 is 0 Å². The molecule has 0 aliphatic rings. The molecule has 0 unspecified atom stereocenters. The number of benzene rings is 2. The molecule has 0 radical (unpaired) electrons. The van der Waals surface area contributed by atoms with E-state index in [-0.39, 0.29) is 5.82 Å². The van der Waals surface area contributed by atoms with Crippen LogP contribution in [0.2, 0.25) is 0 Å². The molecule has 0 aliphatic carbocycles. The van der Waals surface area contributed by atoms with Gasteiger partial charge >= 0.3 is 5.97 Å². The van der Waals surface area contributed by atoms with Gasteiger partial charge in [0.05, 0.1) is 7.11 Å². The van der Waals surface area contributed by atoms with E-state index in [0.29, 0.717) is 5.39 Å². The third kappa shape index (κ3) is 2.33. The van der Waals surface area contributed by atoms with Crippen molar-refractivity contribution in [2.24, 2.45) is 0 Å². The van der Waals surface area contributed by atoms with Gasteiger partial charge in [0, 0.05) is 11.5 Å². The number of hydrogen-bond acceptors (Lipinski definition) is 2. The van der Waals surface area contributed by atoms with Crippen LogP contribution in [0.25, 0.3) is 16.8 Å². The predicted molar refractivity (Wildman–Crippen MR) is 65.0 cm³/mol. The van der Waals surface area contributed by atoms with E-state index in [1.165, 1.54) is 19.3 Å². The van der Waals surface area contributed by atoms with Crippen molar-refractivity contribution in [1.82, 2.24) is 0 Å². The van der Waals surface area contributed by atoms with Crippen LogP contribution in [0.1, 0.15) is 5.56 Å². The zero-order valence-electron chi connectivity index (χ0n) is 9.31. The van der Waals surface area contributed by atoms with Gasteiger partial charge in [0.2, 0.25) is 0 Å². The van der Waals surface area contributed by atoms with Crippen LogP contribution in [-0.4, -0.2) is 13.1 Å². The van der Waals surface area contributed by atoms with Gasteiger partial charge in [-0.2, -0.15) is 0 Å². The lowest BCUT2D eigenvalue weighted by molar-refractivity contribution is -0.134. The monoisotopic (exact) mass is 230 g/mol. The lowest BCUT2D eigenvalue weighted by Crippen LogP contribution is -1.93. The Morgan fingerprint density at radius 1 is 1.18 bits per heavy atom. The Hall–Kier alpha value is -2.16. The molecule has 0 N–H and O–H groups in total. The van der Waals surface area contributed by atoms with Crippen LogP contribution in [0, 0.1) is 5.82 Å². The fourth-order valence-electron chi connectivity index (χ4n) is 1.66. The lowest BCUT2D eigenvalue weighted by atomic mass is 10.0. The fourth-order valence-corrected chi connectivity index (χ4v) is 1.66. The molecule has 2 rings (SSSR count). The number of carbonyl (C=O) groups excluding carboxylic acids is 1. The molecule has 0 saturated carbocycles. The minimum atomic E-state index is -0.432. The quantitative estimate of drug-likeness (QED) is 0.585. The Labute approximate surface area is 98.3 Å². The summed E-state index contributed by atoms with van der Waals surface area (Å²) in [6.45, 7) is 0. The summed E-state index contributed by atoms with van der Waals surface area (Å²) < 4.78 is 18.0. The highest BCUT2D eigenvalue weighted by Gasteiger charge is 2.03. The Bertz CT molecular complexity index is 588. The topological polar surface area (TPSA) is 26.3 Å². The highest BCUT2D eigenvalue weighted by molar-refractivity contribution is 5.95. The minimum Gasteiger partial charge on any atom is -0.466 e. The van der Waals surface area contributed by atoms with Crippen LogP contribution in [0.5, 0.6) is 0 Å². The van der Waals surface area contributed by atoms with Crippen LogP contribution in [0.4, 0.5) is 4.39 Å². The number of esters is 1. The second-order valence-electron chi connectivity index (χ2n) is 3.54. The minimum absolute atomic E-state index is 0.268. The average molecular weight is 230 g/mol. The van der Waals surface area contributed by atoms with E-state index in [9.17, 15) is 9.18 Å². The summed E-state index contributed by atoms with van der Waals surface area (Å²) in [6.07, 6.45) is 2.94. The SMILES string of the molecule is COC(=O)C=Cc1ccc(F)c2ccccc12. The van der Waals surface area contributed by atoms with Gasteiger partial charge in [0.15, 0.2) is 0 Å². The van der Waals surface area contributed by atoms with Gasteiger partial charge in [-0.05, 0) is 23.1 Å². The number of halogens is 1. The molecule has 0 fully saturated rings. The van der Waals surface area contributed by atoms with Crippen molar-refractivity contribution in [2.75, 3.05) is 7.11 Å². The summed E-state index contributed by atoms with van der Waals surface area (Å²) in [7, 11) is 1.31. The van der Waals surface area contributed by atoms with Crippen molar-refractivity contribution in [3.05, 3.63) is 53.9 Å². The van der Waals surface area contributed by atoms with Gasteiger partial charge in [-0.1, -0.05) is 30.3 Å². The second-order valence-corrected chi connectivity index (χ2v) is 3.54. The first-order chi connectivity index (χ1) is 8.22. The molecule has 0 bridgehead atoms. The number of rotatable bonds is 2. The summed E-state index contributed by atoms with van der Waals surface area (Å²) in [5, 5.41) is 1.31. The molecule has 17 heavy (non-hydrogen) atoms. The molecule has 2 nitrogen and oxygen atoms in total. The van der Waals surface area contributed by atoms with Crippen LogP contribution >= 0.6 is 0 Å². The molecule has 0 aliphatic heterocycles. The molecule has 86 valence electrons. The van der Waals surface area contributed by atoms with Crippen molar-refractivity contribution in [3.63, 3.8) is 0 Å². The molecule has 2 aromatic rings. The van der Waals surface area contributed by atoms with Crippen LogP contribution in [-0.2, 0) is 9.53 Å². The lowest BCUT2D eigenvalue weighted by Gasteiger charge is -2.03. The van der Waals surface area contributed by atoms with Crippen molar-refractivity contribution in [2.45, 2.75) is 0 Å². The first-order valence-electron chi connectivity index (χ1n) is 5.15. The van der Waals surface area contributed by atoms with Crippen LogP contribution in [0.15, 0.2) is 42.5 Å². The Kier molecular flexibility index (Phi) is 3.19. The molecule has 0 atom stereocenters. The van der Waals surface area contributed by atoms with E-state index in [2.05, 4.69) is 4.74 Å². The summed E-state index contributed by atoms with van der Waals surface area (Å²) >= 11 is 0. The van der Waals surface area contributed by atoms with Gasteiger partial charge in [-0.15, -0.1) is 0 Å². The summed E-state index contributed by atoms with van der Waals surface area (Å²) in [5.41, 5.74) is 0.785. The molecule has 0 saturated heterocycles. The van der Waals surface area contributed by atoms with E-state index in [0.717, 1.165) is 10.9 Å². The van der Waals surface area contributed by atoms with Gasteiger partial charge in [-0.3, -0.25) is 0 Å². The molecular weight excluding hydrogens is 219 g/mol. The zero-order chi connectivity index (χ0) is 12.3. The first kappa shape index (κ1) is 11.3. The Morgan fingerprint density at radius 3 is 2.59 bits per heavy atom. The van der Waals surface area contributed by atoms with E-state index in [1.54, 1.807) is 24.3 Å². The smallest absolute Gasteiger partial charge is 0.330 e. The van der Waals surface area contributed by atoms with Crippen molar-refractivity contribution < 1.29 is 13.9 Å². The van der Waals surface area contributed by atoms with E-state index in [4.69, 9.17) is 0 Å². The normalized spacial score (nSPS) is 10.9. The molecule has 0 aromatic heterocycles. The predicted octanol–water partition coefficient (Wildman–Crippen LogP) is 3.17. The molecule has 0 spiro atoms. The van der Waals surface area contributed by atoms with Gasteiger partial charge in [-0.25, -0.2) is 9.18 Å². The Balaban J connectivity index is 2.52. The molecule has 0 amide bonds. The van der Waals surface area contributed by atoms with E-state index < -0.39 is 5.97 Å². The second kappa shape index (κ2) is 4.78. The maximum Gasteiger partial charge on any atom is 0.330 e. The number of hydrogen-bond donors (Lipinski definition) is 0. The number of fused-ring (bicyclic) bond motifs is 1. The third-order valence-electron chi connectivity index (χ3n) is 2.50. The average Bonchev–Trinajstić information content (AvgIpc) is 2.38. The highest BCUT2D eigenvalue weighted by Crippen LogP contribution is 2.22. The van der Waals surface area contributed by atoms with Crippen molar-refractivity contribution >= 4 is 22.8 Å². The van der Waals surface area contributed by atoms with Gasteiger partial charge in [0.25, 0.3) is 0 Å². The number of ether oxygens (including phenoxy) is 1. The first-order valence-corrected chi connectivity index (χ1v) is 5.15. The number of methoxy groups -OCH3 is 1. The fraction of sp³-hybridized carbons (Fsp3) is 0.0714. The summed E-state index contributed by atoms with van der Waals surface area (Å²) in [6, 6.07) is 10.2. The standard InChI is InChI=1S/C14H11FO2/c1-17-14(16)9-7-10-6-8-13(15)12-5-3-2-4-11(10)12/h2-9H,1H3. The third-order valence-corrected chi connectivity index (χ3v) is 2.50. The summed E-state index contributed by atoms with van der Waals surface area (Å²) in [4.78, 5) is 11.0. The molecule has 2 aromatic carbocycles. The molecule has 3 heteroatoms. The van der Waals surface area contributed by atoms with E-state index in [1.807, 2.05) is 12.1 Å². The summed E-state index contributed by atoms with van der Waals surface area (Å²) in [5.74, 6) is -0.700. The Morgan fingerprint density at radius 2 is 1.88 bits per heavy atom. The molecular formula is C14H11FO2. The van der Waals surface area contributed by atoms with Crippen molar-refractivity contribution in [1.29, 1.82) is 0 Å². The van der Waals surface area contributed by atoms with E-state index >= 15 is 0 Å². The van der Waals surface area contributed by atoms with Crippen LogP contribution in [0.3, 0.4) is 0 Å². The largest absolute Gasteiger partial charge is 0.466 e. The number of carbonyl (C=O) groups is 1. The molecule has 0 heterocycles. The maximum absolute atomic E-state index is 13.5. The van der Waals surface area contributed by atoms with Gasteiger partial charge < -0.3 is 4.74 Å². The zero-order valence-corrected chi connectivity index (χ0v) is 9.31. The van der Waals surface area contributed by atoms with Gasteiger partial charge in [0.1, 0.15) is 5.82 Å².